The molecule has 2 N–H and O–H groups in total. The molecule has 2 saturated heterocycles. The molecule has 1 amide bonds. The van der Waals surface area contributed by atoms with Gasteiger partial charge in [-0.3, -0.25) is 9.88 Å². The summed E-state index contributed by atoms with van der Waals surface area (Å²) in [5, 5.41) is 7.62. The number of cyclic esters (lactones) is 1. The van der Waals surface area contributed by atoms with Gasteiger partial charge in [-0.15, -0.1) is 5.10 Å². The first-order chi connectivity index (χ1) is 15.5. The van der Waals surface area contributed by atoms with Gasteiger partial charge in [0.2, 0.25) is 0 Å². The Morgan fingerprint density at radius 2 is 2.06 bits per heavy atom. The van der Waals surface area contributed by atoms with Gasteiger partial charge >= 0.3 is 6.09 Å². The van der Waals surface area contributed by atoms with E-state index in [1.807, 2.05) is 12.1 Å². The maximum absolute atomic E-state index is 15.0. The smallest absolute Gasteiger partial charge is 0.414 e. The second-order valence-electron chi connectivity index (χ2n) is 8.52. The topological polar surface area (TPSA) is 108 Å². The Balaban J connectivity index is 1.19. The van der Waals surface area contributed by atoms with E-state index in [9.17, 15) is 9.18 Å². The van der Waals surface area contributed by atoms with E-state index in [2.05, 4.69) is 15.3 Å². The van der Waals surface area contributed by atoms with E-state index in [1.54, 1.807) is 35.4 Å². The van der Waals surface area contributed by atoms with Crippen molar-refractivity contribution in [2.24, 2.45) is 17.6 Å². The summed E-state index contributed by atoms with van der Waals surface area (Å²) in [4.78, 5) is 18.2. The van der Waals surface area contributed by atoms with Crippen LogP contribution < -0.4 is 10.6 Å². The number of aromatic nitrogens is 4. The Labute approximate surface area is 182 Å². The molecule has 9 nitrogen and oxygen atoms in total. The molecule has 164 valence electrons. The molecule has 3 atom stereocenters. The number of carbonyl (C=O) groups excluding carboxylic acids is 1. The van der Waals surface area contributed by atoms with Crippen LogP contribution in [0.1, 0.15) is 5.69 Å². The highest BCUT2D eigenvalue weighted by atomic mass is 19.1. The van der Waals surface area contributed by atoms with Gasteiger partial charge in [-0.2, -0.15) is 0 Å². The van der Waals surface area contributed by atoms with Crippen LogP contribution in [0.15, 0.2) is 48.9 Å². The molecular formula is C22H21FN6O3. The van der Waals surface area contributed by atoms with E-state index in [0.717, 1.165) is 5.69 Å². The Kier molecular flexibility index (Phi) is 4.27. The minimum atomic E-state index is -0.513. The molecule has 3 aromatic rings. The SMILES string of the molecule is NC1(c2ccc(-c3ccc(N4C[C@H](Cn5ccnn5)OC4=O)cc3F)cn2)C2COCC21. The summed E-state index contributed by atoms with van der Waals surface area (Å²) < 4.78 is 27.4. The van der Waals surface area contributed by atoms with Gasteiger partial charge in [-0.05, 0) is 24.3 Å². The summed E-state index contributed by atoms with van der Waals surface area (Å²) >= 11 is 0. The van der Waals surface area contributed by atoms with Gasteiger partial charge < -0.3 is 15.2 Å². The molecule has 1 aromatic carbocycles. The Bertz CT molecular complexity index is 1160. The highest BCUT2D eigenvalue weighted by molar-refractivity contribution is 5.90. The molecule has 1 aliphatic carbocycles. The van der Waals surface area contributed by atoms with Crippen LogP contribution >= 0.6 is 0 Å². The lowest BCUT2D eigenvalue weighted by Gasteiger charge is -2.16. The van der Waals surface area contributed by atoms with Crippen molar-refractivity contribution in [3.05, 3.63) is 60.4 Å². The lowest BCUT2D eigenvalue weighted by Crippen LogP contribution is -2.29. The predicted molar refractivity (Wildman–Crippen MR) is 111 cm³/mol. The summed E-state index contributed by atoms with van der Waals surface area (Å²) in [6.07, 6.45) is 4.00. The van der Waals surface area contributed by atoms with E-state index >= 15 is 0 Å². The van der Waals surface area contributed by atoms with Gasteiger partial charge in [0.1, 0.15) is 11.9 Å². The maximum atomic E-state index is 15.0. The molecule has 10 heteroatoms. The second-order valence-corrected chi connectivity index (χ2v) is 8.52. The number of ether oxygens (including phenoxy) is 2. The molecule has 0 radical (unpaired) electrons. The molecule has 2 aliphatic heterocycles. The van der Waals surface area contributed by atoms with Crippen molar-refractivity contribution in [3.63, 3.8) is 0 Å². The number of nitrogens with two attached hydrogens (primary N) is 1. The largest absolute Gasteiger partial charge is 0.442 e. The summed E-state index contributed by atoms with van der Waals surface area (Å²) in [5.41, 5.74) is 8.40. The number of benzene rings is 1. The van der Waals surface area contributed by atoms with Crippen LogP contribution in [0, 0.1) is 17.7 Å². The maximum Gasteiger partial charge on any atom is 0.414 e. The average Bonchev–Trinajstić information content (AvgIpc) is 3.36. The third-order valence-corrected chi connectivity index (χ3v) is 6.72. The summed E-state index contributed by atoms with van der Waals surface area (Å²) in [6, 6.07) is 8.40. The van der Waals surface area contributed by atoms with E-state index in [4.69, 9.17) is 15.2 Å². The lowest BCUT2D eigenvalue weighted by atomic mass is 10.0. The molecule has 6 rings (SSSR count). The van der Waals surface area contributed by atoms with Crippen molar-refractivity contribution in [2.75, 3.05) is 24.7 Å². The molecule has 3 aliphatic rings. The van der Waals surface area contributed by atoms with Crippen molar-refractivity contribution < 1.29 is 18.7 Å². The Hall–Kier alpha value is -3.37. The van der Waals surface area contributed by atoms with Crippen molar-refractivity contribution in [2.45, 2.75) is 18.2 Å². The summed E-state index contributed by atoms with van der Waals surface area (Å²) in [6.45, 7) is 2.02. The molecule has 32 heavy (non-hydrogen) atoms. The van der Waals surface area contributed by atoms with Crippen molar-refractivity contribution in [1.82, 2.24) is 20.0 Å². The summed E-state index contributed by atoms with van der Waals surface area (Å²) in [7, 11) is 0. The third-order valence-electron chi connectivity index (χ3n) is 6.72. The van der Waals surface area contributed by atoms with Gasteiger partial charge in [0.05, 0.1) is 49.4 Å². The van der Waals surface area contributed by atoms with Gasteiger partial charge in [-0.25, -0.2) is 13.9 Å². The van der Waals surface area contributed by atoms with Gasteiger partial charge in [0, 0.05) is 35.4 Å². The lowest BCUT2D eigenvalue weighted by molar-refractivity contribution is 0.129. The number of fused-ring (bicyclic) bond motifs is 1. The minimum absolute atomic E-state index is 0.304. The Morgan fingerprint density at radius 3 is 2.75 bits per heavy atom. The first kappa shape index (κ1) is 19.3. The molecule has 1 saturated carbocycles. The van der Waals surface area contributed by atoms with Gasteiger partial charge in [0.15, 0.2) is 0 Å². The number of nitrogens with zero attached hydrogens (tertiary/aromatic N) is 5. The highest BCUT2D eigenvalue weighted by Gasteiger charge is 2.66. The molecule has 2 unspecified atom stereocenters. The first-order valence-corrected chi connectivity index (χ1v) is 10.5. The first-order valence-electron chi connectivity index (χ1n) is 10.5. The molecule has 3 fully saturated rings. The fourth-order valence-electron chi connectivity index (χ4n) is 4.85. The zero-order valence-corrected chi connectivity index (χ0v) is 17.1. The second kappa shape index (κ2) is 7.07. The van der Waals surface area contributed by atoms with Gasteiger partial charge in [0.25, 0.3) is 0 Å². The highest BCUT2D eigenvalue weighted by Crippen LogP contribution is 2.58. The van der Waals surface area contributed by atoms with E-state index in [-0.39, 0.29) is 6.10 Å². The number of anilines is 1. The zero-order chi connectivity index (χ0) is 21.9. The number of amides is 1. The molecule has 0 bridgehead atoms. The quantitative estimate of drug-likeness (QED) is 0.651. The molecule has 2 aromatic heterocycles. The fourth-order valence-corrected chi connectivity index (χ4v) is 4.85. The summed E-state index contributed by atoms with van der Waals surface area (Å²) in [5.74, 6) is 0.180. The van der Waals surface area contributed by atoms with Crippen LogP contribution in [-0.2, 0) is 21.6 Å². The molecular weight excluding hydrogens is 415 g/mol. The fraction of sp³-hybridized carbons (Fsp3) is 0.364. The van der Waals surface area contributed by atoms with Crippen molar-refractivity contribution in [3.8, 4) is 11.1 Å². The van der Waals surface area contributed by atoms with E-state index in [0.29, 0.717) is 55.0 Å². The monoisotopic (exact) mass is 436 g/mol. The number of carbonyl (C=O) groups is 1. The van der Waals surface area contributed by atoms with Crippen molar-refractivity contribution >= 4 is 11.8 Å². The predicted octanol–water partition coefficient (Wildman–Crippen LogP) is 1.93. The van der Waals surface area contributed by atoms with Crippen LogP contribution in [0.3, 0.4) is 0 Å². The minimum Gasteiger partial charge on any atom is -0.442 e. The number of pyridine rings is 1. The van der Waals surface area contributed by atoms with Gasteiger partial charge in [-0.1, -0.05) is 11.3 Å². The number of halogens is 1. The standard InChI is InChI=1S/C22H21FN6O3/c23-19-7-14(29-10-15(32-21(29)30)9-28-6-5-26-27-28)2-3-16(19)13-1-4-20(25-8-13)22(24)17-11-31-12-18(17)22/h1-8,15,17-18H,9-12,24H2/t15-,17?,18?,22?/m0/s1. The molecule has 0 spiro atoms. The third kappa shape index (κ3) is 2.98. The normalized spacial score (nSPS) is 28.6. The number of hydrogen-bond donors (Lipinski definition) is 1. The van der Waals surface area contributed by atoms with Crippen LogP contribution in [0.4, 0.5) is 14.9 Å². The Morgan fingerprint density at radius 1 is 1.22 bits per heavy atom. The van der Waals surface area contributed by atoms with Crippen LogP contribution in [0.25, 0.3) is 11.1 Å². The van der Waals surface area contributed by atoms with Crippen LogP contribution in [0.2, 0.25) is 0 Å². The number of hydrogen-bond acceptors (Lipinski definition) is 7. The van der Waals surface area contributed by atoms with Crippen LogP contribution in [0.5, 0.6) is 0 Å². The average molecular weight is 436 g/mol. The van der Waals surface area contributed by atoms with E-state index in [1.165, 1.54) is 11.0 Å². The zero-order valence-electron chi connectivity index (χ0n) is 17.1. The number of rotatable bonds is 5. The van der Waals surface area contributed by atoms with Crippen LogP contribution in [-0.4, -0.2) is 51.9 Å². The molecule has 4 heterocycles. The van der Waals surface area contributed by atoms with Crippen molar-refractivity contribution in [1.29, 1.82) is 0 Å². The van der Waals surface area contributed by atoms with E-state index < -0.39 is 17.4 Å².